The van der Waals surface area contributed by atoms with Gasteiger partial charge >= 0.3 is 7.82 Å². The van der Waals surface area contributed by atoms with Crippen molar-refractivity contribution in [2.75, 3.05) is 24.6 Å². The van der Waals surface area contributed by atoms with Gasteiger partial charge in [-0.15, -0.1) is 0 Å². The normalized spacial score (nSPS) is 33.4. The predicted octanol–water partition coefficient (Wildman–Crippen LogP) is -1.47. The van der Waals surface area contributed by atoms with Crippen molar-refractivity contribution < 1.29 is 28.3 Å². The predicted molar refractivity (Wildman–Crippen MR) is 92.9 cm³/mol. The topological polar surface area (TPSA) is 201 Å². The summed E-state index contributed by atoms with van der Waals surface area (Å²) < 4.78 is 28.5. The highest BCUT2D eigenvalue weighted by molar-refractivity contribution is 7.99. The number of thioether (sulfide) groups is 1. The monoisotopic (exact) mass is 420 g/mol. The lowest BCUT2D eigenvalue weighted by atomic mass is 10.1. The minimum absolute atomic E-state index is 0.0133. The van der Waals surface area contributed by atoms with Crippen molar-refractivity contribution >= 4 is 36.7 Å². The first-order valence-electron chi connectivity index (χ1n) is 7.90. The highest BCUT2D eigenvalue weighted by Crippen LogP contribution is 2.52. The second-order valence-electron chi connectivity index (χ2n) is 5.91. The molecule has 2 aromatic rings. The molecule has 2 aromatic heterocycles. The van der Waals surface area contributed by atoms with Crippen LogP contribution in [0.25, 0.3) is 11.2 Å². The summed E-state index contributed by atoms with van der Waals surface area (Å²) in [6, 6.07) is 0. The molecule has 15 heteroatoms. The van der Waals surface area contributed by atoms with Crippen molar-refractivity contribution in [3.8, 4) is 0 Å². The van der Waals surface area contributed by atoms with Crippen molar-refractivity contribution in [3.05, 3.63) is 10.4 Å². The third-order valence-corrected chi connectivity index (χ3v) is 6.08. The number of rotatable bonds is 4. The molecule has 2 fully saturated rings. The first kappa shape index (κ1) is 18.8. The van der Waals surface area contributed by atoms with Gasteiger partial charge < -0.3 is 26.2 Å². The number of aromatic amines is 1. The van der Waals surface area contributed by atoms with Gasteiger partial charge in [-0.05, 0) is 0 Å². The minimum atomic E-state index is -4.27. The molecule has 0 spiro atoms. The van der Waals surface area contributed by atoms with E-state index in [0.717, 1.165) is 0 Å². The number of aliphatic hydroxyl groups is 1. The Labute approximate surface area is 155 Å². The summed E-state index contributed by atoms with van der Waals surface area (Å²) in [5.74, 6) is 0.353. The Hall–Kier alpha value is -1.51. The van der Waals surface area contributed by atoms with Crippen molar-refractivity contribution in [2.24, 2.45) is 5.73 Å². The Morgan fingerprint density at radius 1 is 1.44 bits per heavy atom. The van der Waals surface area contributed by atoms with Crippen molar-refractivity contribution in [3.63, 3.8) is 0 Å². The van der Waals surface area contributed by atoms with E-state index in [2.05, 4.69) is 15.0 Å². The van der Waals surface area contributed by atoms with Crippen LogP contribution in [-0.2, 0) is 18.3 Å². The summed E-state index contributed by atoms with van der Waals surface area (Å²) in [7, 11) is -4.27. The number of aliphatic hydroxyl groups excluding tert-OH is 1. The van der Waals surface area contributed by atoms with Crippen molar-refractivity contribution in [1.82, 2.24) is 19.5 Å². The number of hydrogen-bond acceptors (Lipinski definition) is 11. The second-order valence-corrected chi connectivity index (χ2v) is 8.38. The third-order valence-electron chi connectivity index (χ3n) is 4.11. The summed E-state index contributed by atoms with van der Waals surface area (Å²) in [6.07, 6.45) is -4.30. The van der Waals surface area contributed by atoms with E-state index >= 15 is 0 Å². The average molecular weight is 420 g/mol. The summed E-state index contributed by atoms with van der Waals surface area (Å²) in [6.45, 7) is 0.115. The number of nitrogens with zero attached hydrogens (tertiary/aromatic N) is 3. The quantitative estimate of drug-likeness (QED) is 0.284. The van der Waals surface area contributed by atoms with Crippen LogP contribution in [0.5, 0.6) is 0 Å². The molecule has 5 atom stereocenters. The molecular formula is C12H17N6O7PS. The Bertz CT molecular complexity index is 981. The van der Waals surface area contributed by atoms with Crippen LogP contribution < -0.4 is 17.0 Å². The third kappa shape index (κ3) is 3.28. The summed E-state index contributed by atoms with van der Waals surface area (Å²) in [5, 5.41) is 11.0. The zero-order valence-corrected chi connectivity index (χ0v) is 15.4. The molecule has 0 radical (unpaired) electrons. The molecule has 2 saturated heterocycles. The van der Waals surface area contributed by atoms with Crippen LogP contribution in [-0.4, -0.2) is 66.7 Å². The molecule has 1 unspecified atom stereocenters. The van der Waals surface area contributed by atoms with Gasteiger partial charge in [0.2, 0.25) is 5.95 Å². The van der Waals surface area contributed by atoms with Gasteiger partial charge in [-0.2, -0.15) is 4.98 Å². The van der Waals surface area contributed by atoms with E-state index in [1.54, 1.807) is 0 Å². The number of aromatic nitrogens is 4. The molecule has 4 rings (SSSR count). The van der Waals surface area contributed by atoms with Gasteiger partial charge in [0.15, 0.2) is 22.5 Å². The number of nitrogens with one attached hydrogen (secondary N) is 1. The molecule has 0 saturated carbocycles. The van der Waals surface area contributed by atoms with E-state index in [4.69, 9.17) is 25.3 Å². The first-order chi connectivity index (χ1) is 12.8. The fourth-order valence-electron chi connectivity index (χ4n) is 3.01. The Morgan fingerprint density at radius 2 is 2.22 bits per heavy atom. The number of nitrogen functional groups attached to an aromatic ring is 1. The van der Waals surface area contributed by atoms with E-state index in [-0.39, 0.29) is 23.7 Å². The Kier molecular flexibility index (Phi) is 4.76. The lowest BCUT2D eigenvalue weighted by molar-refractivity contribution is -0.0684. The molecule has 2 aliphatic rings. The van der Waals surface area contributed by atoms with E-state index in [1.807, 2.05) is 0 Å². The largest absolute Gasteiger partial charge is 0.472 e. The molecule has 7 N–H and O–H groups in total. The van der Waals surface area contributed by atoms with Gasteiger partial charge in [0.25, 0.3) is 5.56 Å². The van der Waals surface area contributed by atoms with Crippen molar-refractivity contribution in [1.29, 1.82) is 0 Å². The average Bonchev–Trinajstić information content (AvgIpc) is 3.10. The smallest absolute Gasteiger partial charge is 0.386 e. The SMILES string of the molecule is NCCSc1nc2c(=O)[nH]c(N)nc2n1[C@@H]1O[C@@H]2COP(=O)(O)O[C@H]2[C@H]1O. The van der Waals surface area contributed by atoms with E-state index in [0.29, 0.717) is 17.5 Å². The van der Waals surface area contributed by atoms with E-state index < -0.39 is 37.9 Å². The molecule has 4 heterocycles. The maximum atomic E-state index is 12.2. The molecule has 13 nitrogen and oxygen atoms in total. The number of imidazole rings is 1. The lowest BCUT2D eigenvalue weighted by Gasteiger charge is -2.27. The molecule has 2 aliphatic heterocycles. The summed E-state index contributed by atoms with van der Waals surface area (Å²) in [4.78, 5) is 32.4. The van der Waals surface area contributed by atoms with E-state index in [1.165, 1.54) is 16.3 Å². The number of anilines is 1. The van der Waals surface area contributed by atoms with Crippen molar-refractivity contribution in [2.45, 2.75) is 29.7 Å². The highest BCUT2D eigenvalue weighted by atomic mass is 32.2. The molecule has 0 aromatic carbocycles. The van der Waals surface area contributed by atoms with Crippen LogP contribution in [0, 0.1) is 0 Å². The number of hydrogen-bond donors (Lipinski definition) is 5. The van der Waals surface area contributed by atoms with Crippen LogP contribution in [0.4, 0.5) is 5.95 Å². The molecule has 148 valence electrons. The maximum absolute atomic E-state index is 12.2. The molecule has 0 amide bonds. The van der Waals surface area contributed by atoms with Gasteiger partial charge in [-0.1, -0.05) is 11.8 Å². The Morgan fingerprint density at radius 3 is 2.96 bits per heavy atom. The van der Waals surface area contributed by atoms with Crippen LogP contribution in [0.2, 0.25) is 0 Å². The standard InChI is InChI=1S/C12H17N6O7PS/c13-1-2-27-12-15-5-8(16-11(14)17-9(5)20)18(12)10-6(19)7-4(24-10)3-23-26(21,22)25-7/h4,6-7,10,19H,1-3,13H2,(H,21,22)(H3,14,16,17,20)/t4-,6-,7-,10-/m1/s1. The van der Waals surface area contributed by atoms with Crippen LogP contribution in [0.15, 0.2) is 9.95 Å². The highest BCUT2D eigenvalue weighted by Gasteiger charge is 2.53. The fourth-order valence-corrected chi connectivity index (χ4v) is 4.76. The molecule has 27 heavy (non-hydrogen) atoms. The van der Waals surface area contributed by atoms with Crippen LogP contribution in [0.1, 0.15) is 6.23 Å². The Balaban J connectivity index is 1.80. The van der Waals surface area contributed by atoms with Gasteiger partial charge in [0.05, 0.1) is 6.61 Å². The van der Waals surface area contributed by atoms with E-state index in [9.17, 15) is 19.4 Å². The zero-order chi connectivity index (χ0) is 19.3. The summed E-state index contributed by atoms with van der Waals surface area (Å²) in [5.41, 5.74) is 10.8. The van der Waals surface area contributed by atoms with Gasteiger partial charge in [-0.25, -0.2) is 9.55 Å². The zero-order valence-electron chi connectivity index (χ0n) is 13.7. The molecule has 0 aliphatic carbocycles. The molecular weight excluding hydrogens is 403 g/mol. The molecule has 0 bridgehead atoms. The maximum Gasteiger partial charge on any atom is 0.472 e. The number of ether oxygens (including phenoxy) is 1. The van der Waals surface area contributed by atoms with Gasteiger partial charge in [0, 0.05) is 12.3 Å². The minimum Gasteiger partial charge on any atom is -0.386 e. The fraction of sp³-hybridized carbons (Fsp3) is 0.583. The number of fused-ring (bicyclic) bond motifs is 2. The summed E-state index contributed by atoms with van der Waals surface area (Å²) >= 11 is 1.24. The number of nitrogens with two attached hydrogens (primary N) is 2. The van der Waals surface area contributed by atoms with Gasteiger partial charge in [0.1, 0.15) is 18.3 Å². The second kappa shape index (κ2) is 6.83. The lowest BCUT2D eigenvalue weighted by Crippen LogP contribution is -2.39. The number of phosphoric acid groups is 1. The number of phosphoric ester groups is 1. The van der Waals surface area contributed by atoms with Gasteiger partial charge in [-0.3, -0.25) is 23.4 Å². The number of H-pyrrole nitrogens is 1. The van der Waals surface area contributed by atoms with Crippen LogP contribution >= 0.6 is 19.6 Å². The first-order valence-corrected chi connectivity index (χ1v) is 10.4. The van der Waals surface area contributed by atoms with Crippen LogP contribution in [0.3, 0.4) is 0 Å².